The molecule has 0 saturated carbocycles. The molecular weight excluding hydrogens is 532 g/mol. The Kier molecular flexibility index (Phi) is 6.36. The molecule has 8 nitrogen and oxygen atoms in total. The molecule has 6 aromatic rings. The number of anilines is 1. The summed E-state index contributed by atoms with van der Waals surface area (Å²) < 4.78 is 5.38. The van der Waals surface area contributed by atoms with Gasteiger partial charge in [0.1, 0.15) is 4.83 Å². The quantitative estimate of drug-likeness (QED) is 0.169. The van der Waals surface area contributed by atoms with Gasteiger partial charge in [-0.2, -0.15) is 5.01 Å². The predicted molar refractivity (Wildman–Crippen MR) is 162 cm³/mol. The first-order chi connectivity index (χ1) is 20.0. The Labute approximate surface area is 240 Å². The van der Waals surface area contributed by atoms with Gasteiger partial charge < -0.3 is 10.8 Å². The van der Waals surface area contributed by atoms with Gasteiger partial charge in [-0.3, -0.25) is 4.52 Å². The molecule has 3 aromatic carbocycles. The third-order valence-corrected chi connectivity index (χ3v) is 8.69. The minimum atomic E-state index is -0.478. The van der Waals surface area contributed by atoms with Gasteiger partial charge in [0.2, 0.25) is 5.27 Å². The molecule has 3 aromatic heterocycles. The molecule has 2 N–H and O–H groups in total. The Hall–Kier alpha value is -4.76. The Balaban J connectivity index is 1.36. The number of aliphatic imine (C=N–C) groups is 1. The average molecular weight is 561 g/mol. The van der Waals surface area contributed by atoms with Gasteiger partial charge >= 0.3 is 5.88 Å². The molecule has 7 rings (SSSR count). The van der Waals surface area contributed by atoms with E-state index in [0.29, 0.717) is 15.4 Å². The average Bonchev–Trinajstić information content (AvgIpc) is 3.61. The number of hydrogen-bond acceptors (Lipinski definition) is 8. The highest BCUT2D eigenvalue weighted by Gasteiger charge is 2.23. The number of pyridine rings is 1. The van der Waals surface area contributed by atoms with Crippen LogP contribution in [0.2, 0.25) is 0 Å². The molecular formula is C32H28N6O2S. The van der Waals surface area contributed by atoms with Gasteiger partial charge in [-0.1, -0.05) is 72.3 Å². The van der Waals surface area contributed by atoms with Gasteiger partial charge in [0.25, 0.3) is 6.20 Å². The van der Waals surface area contributed by atoms with E-state index in [9.17, 15) is 5.11 Å². The third kappa shape index (κ3) is 4.68. The number of hydrogen-bond donors (Lipinski definition) is 1. The number of aromatic nitrogens is 3. The minimum Gasteiger partial charge on any atom is -0.857 e. The smallest absolute Gasteiger partial charge is 0.324 e. The van der Waals surface area contributed by atoms with E-state index in [1.165, 1.54) is 17.8 Å². The highest BCUT2D eigenvalue weighted by molar-refractivity contribution is 7.21. The summed E-state index contributed by atoms with van der Waals surface area (Å²) in [5.41, 5.74) is 12.0. The normalized spacial score (nSPS) is 14.3. The Bertz CT molecular complexity index is 1910. The van der Waals surface area contributed by atoms with Gasteiger partial charge in [-0.25, -0.2) is 9.98 Å². The zero-order valence-electron chi connectivity index (χ0n) is 22.6. The largest absolute Gasteiger partial charge is 0.857 e. The van der Waals surface area contributed by atoms with Crippen LogP contribution in [0.15, 0.2) is 88.5 Å². The maximum absolute atomic E-state index is 13.4. The first-order valence-electron chi connectivity index (χ1n) is 13.7. The molecule has 0 bridgehead atoms. The fourth-order valence-corrected chi connectivity index (χ4v) is 6.48. The van der Waals surface area contributed by atoms with Crippen LogP contribution in [0.1, 0.15) is 29.7 Å². The van der Waals surface area contributed by atoms with Gasteiger partial charge in [-0.15, -0.1) is 11.3 Å². The van der Waals surface area contributed by atoms with Crippen molar-refractivity contribution in [3.05, 3.63) is 89.4 Å². The fourth-order valence-electron chi connectivity index (χ4n) is 5.47. The number of nitrogen functional groups attached to an aromatic ring is 1. The van der Waals surface area contributed by atoms with Crippen molar-refractivity contribution in [2.75, 3.05) is 23.8 Å². The van der Waals surface area contributed by atoms with E-state index in [0.717, 1.165) is 70.0 Å². The van der Waals surface area contributed by atoms with E-state index in [4.69, 9.17) is 15.2 Å². The van der Waals surface area contributed by atoms with Crippen LogP contribution < -0.4 is 20.6 Å². The lowest BCUT2D eigenvalue weighted by Crippen LogP contribution is -2.60. The number of piperidine rings is 1. The molecule has 0 amide bonds. The molecule has 1 fully saturated rings. The van der Waals surface area contributed by atoms with E-state index in [1.54, 1.807) is 11.0 Å². The second-order valence-electron chi connectivity index (χ2n) is 10.4. The van der Waals surface area contributed by atoms with Crippen molar-refractivity contribution < 1.29 is 14.4 Å². The van der Waals surface area contributed by atoms with Crippen LogP contribution in [0.25, 0.3) is 43.4 Å². The number of aryl methyl sites for hydroxylation is 1. The van der Waals surface area contributed by atoms with Gasteiger partial charge in [0.15, 0.2) is 0 Å². The molecule has 1 saturated heterocycles. The summed E-state index contributed by atoms with van der Waals surface area (Å²) in [6.07, 6.45) is 5.04. The molecule has 1 aliphatic rings. The van der Waals surface area contributed by atoms with Crippen molar-refractivity contribution >= 4 is 49.8 Å². The maximum Gasteiger partial charge on any atom is 0.324 e. The second-order valence-corrected chi connectivity index (χ2v) is 11.4. The lowest BCUT2D eigenvalue weighted by atomic mass is 9.96. The van der Waals surface area contributed by atoms with Crippen molar-refractivity contribution in [1.82, 2.24) is 10.3 Å². The summed E-state index contributed by atoms with van der Waals surface area (Å²) in [6, 6.07) is 24.9. The molecule has 1 aliphatic heterocycles. The zero-order valence-corrected chi connectivity index (χ0v) is 23.4. The van der Waals surface area contributed by atoms with E-state index < -0.39 is 5.90 Å². The molecule has 4 heterocycles. The zero-order chi connectivity index (χ0) is 27.9. The Morgan fingerprint density at radius 1 is 1.00 bits per heavy atom. The number of thiophene rings is 1. The van der Waals surface area contributed by atoms with Crippen LogP contribution in [0.4, 0.5) is 11.6 Å². The summed E-state index contributed by atoms with van der Waals surface area (Å²) in [7, 11) is 0. The van der Waals surface area contributed by atoms with Crippen LogP contribution in [-0.4, -0.2) is 29.2 Å². The van der Waals surface area contributed by atoms with E-state index in [1.807, 2.05) is 18.2 Å². The van der Waals surface area contributed by atoms with Gasteiger partial charge in [-0.05, 0) is 54.2 Å². The molecule has 0 atom stereocenters. The molecule has 0 unspecified atom stereocenters. The van der Waals surface area contributed by atoms with Crippen LogP contribution in [0.5, 0.6) is 0 Å². The van der Waals surface area contributed by atoms with Crippen LogP contribution in [0, 0.1) is 6.92 Å². The van der Waals surface area contributed by atoms with Crippen molar-refractivity contribution in [2.24, 2.45) is 4.99 Å². The summed E-state index contributed by atoms with van der Waals surface area (Å²) >= 11 is 1.25. The maximum atomic E-state index is 13.4. The predicted octanol–water partition coefficient (Wildman–Crippen LogP) is 5.51. The molecule has 204 valence electrons. The van der Waals surface area contributed by atoms with Gasteiger partial charge in [0, 0.05) is 16.8 Å². The highest BCUT2D eigenvalue weighted by Crippen LogP contribution is 2.42. The topological polar surface area (TPSA) is 107 Å². The first-order valence-corrected chi connectivity index (χ1v) is 14.5. The number of nitrogens with zero attached hydrogens (tertiary/aromatic N) is 5. The van der Waals surface area contributed by atoms with Crippen LogP contribution >= 0.6 is 11.3 Å². The Morgan fingerprint density at radius 3 is 2.61 bits per heavy atom. The number of rotatable bonds is 5. The standard InChI is InChI=1S/C32H28N6O2S/c1-20-12-14-22(15-13-20)25-18-26(24-11-7-9-21-8-3-4-10-23(21)24)34-32-28(25)29(33)30(41-32)31(39)35-27-19-38(36-40-27)37-16-5-2-6-17-37/h3-4,7-15,18-19H,2,5-6,16-17H2,1H3,(H2-,33,35,36,39). The molecule has 9 heteroatoms. The number of benzene rings is 3. The first kappa shape index (κ1) is 25.2. The number of fused-ring (bicyclic) bond motifs is 2. The monoisotopic (exact) mass is 560 g/mol. The van der Waals surface area contributed by atoms with Crippen molar-refractivity contribution in [2.45, 2.75) is 26.2 Å². The SMILES string of the molecule is Cc1ccc(-c2cc(-c3cccc4ccccc34)nc3sc(/C([O-])=N/c4c[n+](N5CCCCC5)no4)c(N)c23)cc1. The number of nitrogens with two attached hydrogens (primary N) is 1. The van der Waals surface area contributed by atoms with Gasteiger partial charge in [0.05, 0.1) is 34.1 Å². The third-order valence-electron chi connectivity index (χ3n) is 7.60. The molecule has 0 spiro atoms. The molecule has 0 radical (unpaired) electrons. The van der Waals surface area contributed by atoms with Crippen LogP contribution in [-0.2, 0) is 0 Å². The van der Waals surface area contributed by atoms with Crippen molar-refractivity contribution in [3.8, 4) is 22.4 Å². The summed E-state index contributed by atoms with van der Waals surface area (Å²) in [6.45, 7) is 3.84. The molecule has 0 aliphatic carbocycles. The van der Waals surface area contributed by atoms with Crippen molar-refractivity contribution in [1.29, 1.82) is 0 Å². The van der Waals surface area contributed by atoms with E-state index in [-0.39, 0.29) is 5.88 Å². The fraction of sp³-hybridized carbons (Fsp3) is 0.188. The highest BCUT2D eigenvalue weighted by atomic mass is 32.1. The van der Waals surface area contributed by atoms with E-state index >= 15 is 0 Å². The van der Waals surface area contributed by atoms with Crippen LogP contribution in [0.3, 0.4) is 0 Å². The molecule has 41 heavy (non-hydrogen) atoms. The van der Waals surface area contributed by atoms with E-state index in [2.05, 4.69) is 76.8 Å². The Morgan fingerprint density at radius 2 is 1.78 bits per heavy atom. The lowest BCUT2D eigenvalue weighted by Gasteiger charge is -2.17. The summed E-state index contributed by atoms with van der Waals surface area (Å²) in [5, 5.41) is 22.6. The minimum absolute atomic E-state index is 0.139. The summed E-state index contributed by atoms with van der Waals surface area (Å²) in [5.74, 6) is -0.338. The lowest BCUT2D eigenvalue weighted by molar-refractivity contribution is -0.759. The second kappa shape index (κ2) is 10.3. The summed E-state index contributed by atoms with van der Waals surface area (Å²) in [4.78, 5) is 11.9. The van der Waals surface area contributed by atoms with Crippen molar-refractivity contribution in [3.63, 3.8) is 0 Å².